The number of hydrogen-bond donors (Lipinski definition) is 0. The molecule has 19 aromatic carbocycles. The third-order valence-corrected chi connectivity index (χ3v) is 22.1. The number of hydrogen-bond acceptors (Lipinski definition) is 3. The second-order valence-corrected chi connectivity index (χ2v) is 28.0. The molecule has 4 nitrogen and oxygen atoms in total. The molecule has 4 heterocycles. The van der Waals surface area contributed by atoms with Crippen LogP contribution in [0.3, 0.4) is 0 Å². The first-order valence-electron chi connectivity index (χ1n) is 41.9. The summed E-state index contributed by atoms with van der Waals surface area (Å²) in [6, 6.07) is 112. The molecule has 4 aromatic heterocycles. The zero-order chi connectivity index (χ0) is 81.0. The molecule has 23 rings (SSSR count). The van der Waals surface area contributed by atoms with Crippen LogP contribution in [0.1, 0.15) is 13.7 Å². The van der Waals surface area contributed by atoms with Crippen molar-refractivity contribution in [3.8, 4) is 94.7 Å². The van der Waals surface area contributed by atoms with Crippen molar-refractivity contribution in [2.45, 2.75) is 0 Å². The van der Waals surface area contributed by atoms with Gasteiger partial charge in [-0.15, -0.1) is 0 Å². The normalized spacial score (nSPS) is 13.1. The summed E-state index contributed by atoms with van der Waals surface area (Å²) >= 11 is 0. The largest absolute Gasteiger partial charge is 0.456 e. The van der Waals surface area contributed by atoms with Gasteiger partial charge in [-0.3, -0.25) is 0 Å². The van der Waals surface area contributed by atoms with Crippen molar-refractivity contribution in [1.82, 2.24) is 4.57 Å². The number of benzene rings is 19. The Morgan fingerprint density at radius 3 is 0.973 bits per heavy atom. The lowest BCUT2D eigenvalue weighted by molar-refractivity contribution is 0.668. The maximum absolute atomic E-state index is 8.95. The molecule has 110 heavy (non-hydrogen) atoms. The molecule has 0 radical (unpaired) electrons. The van der Waals surface area contributed by atoms with Crippen LogP contribution in [0.25, 0.3) is 225 Å². The molecule has 0 saturated heterocycles. The molecule has 0 aliphatic heterocycles. The SMILES string of the molecule is [2H]c1c([2H])c([2H])c(-c2c3ccccc3c(-c3ccc(-c4ccc5oc6ccccc6c5c4-c4ccc5c6ccccc6n(-c6ccccc6)c5c4)cc3)c3ccccc23)c([2H])c1[2H].[2H]c1c([2H])c([2H])c(-c2c3ccccc3c(-c3ccc(-c4ccc5oc6ccccc6c5c4-c4ccc5oc6ccccc6c5c4)cc3)c3ccccc23)c([2H])c1[2H]. The lowest BCUT2D eigenvalue weighted by Gasteiger charge is -2.18. The smallest absolute Gasteiger partial charge is 0.136 e. The van der Waals surface area contributed by atoms with Crippen LogP contribution in [-0.2, 0) is 0 Å². The number of rotatable bonds is 9. The van der Waals surface area contributed by atoms with Gasteiger partial charge in [0.15, 0.2) is 0 Å². The minimum absolute atomic E-state index is 0.201. The Bertz CT molecular complexity index is 8120. The maximum Gasteiger partial charge on any atom is 0.136 e. The summed E-state index contributed by atoms with van der Waals surface area (Å²) in [5.41, 5.74) is 22.6. The van der Waals surface area contributed by atoms with E-state index >= 15 is 0 Å². The summed E-state index contributed by atoms with van der Waals surface area (Å²) in [6.07, 6.45) is 0. The average molecular weight is 1410 g/mol. The van der Waals surface area contributed by atoms with E-state index in [1.54, 1.807) is 0 Å². The van der Waals surface area contributed by atoms with Gasteiger partial charge in [-0.05, 0) is 188 Å². The molecule has 0 saturated carbocycles. The fraction of sp³-hybridized carbons (Fsp3) is 0. The van der Waals surface area contributed by atoms with Gasteiger partial charge in [0, 0.05) is 59.9 Å². The molecule has 0 aliphatic rings. The summed E-state index contributed by atoms with van der Waals surface area (Å²) in [7, 11) is 0. The zero-order valence-corrected chi connectivity index (χ0v) is 58.9. The Hall–Kier alpha value is -14.6. The van der Waals surface area contributed by atoms with Crippen LogP contribution < -0.4 is 0 Å². The van der Waals surface area contributed by atoms with E-state index < -0.39 is 12.1 Å². The van der Waals surface area contributed by atoms with E-state index in [0.29, 0.717) is 11.1 Å². The molecule has 0 unspecified atom stereocenters. The topological polar surface area (TPSA) is 44.4 Å². The number of fused-ring (bicyclic) bond motifs is 16. The Labute approximate surface area is 647 Å². The molecule has 23 aromatic rings. The Morgan fingerprint density at radius 1 is 0.191 bits per heavy atom. The summed E-state index contributed by atoms with van der Waals surface area (Å²) in [5.74, 6) is 0. The summed E-state index contributed by atoms with van der Waals surface area (Å²) in [5, 5.41) is 15.7. The van der Waals surface area contributed by atoms with Crippen LogP contribution in [0, 0.1) is 0 Å². The van der Waals surface area contributed by atoms with Crippen molar-refractivity contribution in [3.05, 3.63) is 394 Å². The highest BCUT2D eigenvalue weighted by Gasteiger charge is 2.25. The van der Waals surface area contributed by atoms with Gasteiger partial charge in [-0.1, -0.05) is 327 Å². The lowest BCUT2D eigenvalue weighted by Crippen LogP contribution is -1.94. The molecule has 0 bridgehead atoms. The molecule has 0 fully saturated rings. The highest BCUT2D eigenvalue weighted by atomic mass is 16.3. The van der Waals surface area contributed by atoms with Crippen molar-refractivity contribution in [1.29, 1.82) is 0 Å². The van der Waals surface area contributed by atoms with E-state index in [2.05, 4.69) is 217 Å². The first-order chi connectivity index (χ1) is 58.7. The van der Waals surface area contributed by atoms with Gasteiger partial charge in [-0.25, -0.2) is 0 Å². The van der Waals surface area contributed by atoms with E-state index in [-0.39, 0.29) is 59.5 Å². The van der Waals surface area contributed by atoms with E-state index in [0.717, 1.165) is 192 Å². The van der Waals surface area contributed by atoms with Gasteiger partial charge in [-0.2, -0.15) is 0 Å². The second-order valence-electron chi connectivity index (χ2n) is 28.0. The average Bonchev–Trinajstić information content (AvgIpc) is 1.26. The van der Waals surface area contributed by atoms with Gasteiger partial charge in [0.25, 0.3) is 0 Å². The highest BCUT2D eigenvalue weighted by Crippen LogP contribution is 2.51. The first-order valence-corrected chi connectivity index (χ1v) is 36.9. The van der Waals surface area contributed by atoms with Crippen molar-refractivity contribution >= 4 is 131 Å². The summed E-state index contributed by atoms with van der Waals surface area (Å²) < 4.78 is 108. The first kappa shape index (κ1) is 53.2. The van der Waals surface area contributed by atoms with Crippen LogP contribution in [-0.4, -0.2) is 4.57 Å². The summed E-state index contributed by atoms with van der Waals surface area (Å²) in [6.45, 7) is 0. The Kier molecular flexibility index (Phi) is 12.4. The maximum atomic E-state index is 8.95. The van der Waals surface area contributed by atoms with E-state index in [4.69, 9.17) is 27.0 Å². The Morgan fingerprint density at radius 2 is 0.509 bits per heavy atom. The molecule has 0 spiro atoms. The quantitative estimate of drug-likeness (QED) is 0.135. The summed E-state index contributed by atoms with van der Waals surface area (Å²) in [4.78, 5) is 0. The van der Waals surface area contributed by atoms with Crippen molar-refractivity contribution in [3.63, 3.8) is 0 Å². The van der Waals surface area contributed by atoms with Crippen LogP contribution in [0.15, 0.2) is 407 Å². The van der Waals surface area contributed by atoms with Crippen LogP contribution in [0.4, 0.5) is 0 Å². The molecule has 0 amide bonds. The highest BCUT2D eigenvalue weighted by molar-refractivity contribution is 6.25. The molecule has 4 heteroatoms. The minimum Gasteiger partial charge on any atom is -0.456 e. The van der Waals surface area contributed by atoms with Gasteiger partial charge in [0.1, 0.15) is 33.5 Å². The fourth-order valence-corrected chi connectivity index (χ4v) is 17.4. The standard InChI is InChI=1S/C56H35NO.C50H30O2/c1-3-15-37(16-4-1)53-44-20-7-9-22-46(44)54(47-23-10-8-21-45(47)53)38-29-27-36(28-30-38)41-33-34-52-56(48-24-12-14-26-51(48)58-52)55(41)39-31-32-43-42-19-11-13-25-49(42)57(50(43)35-39)40-17-5-2-6-18-40;1-2-12-32(13-3-1)47-37-15-4-6-17-39(37)48(40-18-7-5-16-38(40)47)33-24-22-31(23-25-33)35-27-29-46-50(41-19-9-11-21-44(41)52-46)49(35)34-26-28-45-42(30-34)36-14-8-10-20-43(36)51-45/h1-35H;1-30H/i1D,3D,4D,15D,16D;1D,2D,3D,12D,13D. The molecular formula is C106H65NO3. The molecule has 512 valence electrons. The van der Waals surface area contributed by atoms with E-state index in [9.17, 15) is 0 Å². The predicted molar refractivity (Wildman–Crippen MR) is 463 cm³/mol. The third-order valence-electron chi connectivity index (χ3n) is 22.1. The predicted octanol–water partition coefficient (Wildman–Crippen LogP) is 30.1. The van der Waals surface area contributed by atoms with Crippen molar-refractivity contribution in [2.75, 3.05) is 0 Å². The van der Waals surface area contributed by atoms with Gasteiger partial charge < -0.3 is 17.8 Å². The number of furan rings is 3. The third kappa shape index (κ3) is 10.1. The monoisotopic (exact) mass is 1410 g/mol. The molecule has 0 N–H and O–H groups in total. The van der Waals surface area contributed by atoms with Crippen LogP contribution >= 0.6 is 0 Å². The van der Waals surface area contributed by atoms with Crippen LogP contribution in [0.2, 0.25) is 0 Å². The van der Waals surface area contributed by atoms with Crippen molar-refractivity contribution in [2.24, 2.45) is 0 Å². The fourth-order valence-electron chi connectivity index (χ4n) is 17.4. The van der Waals surface area contributed by atoms with Crippen molar-refractivity contribution < 1.29 is 27.0 Å². The van der Waals surface area contributed by atoms with E-state index in [1.165, 1.54) is 10.8 Å². The van der Waals surface area contributed by atoms with Gasteiger partial charge >= 0.3 is 0 Å². The van der Waals surface area contributed by atoms with Crippen LogP contribution in [0.5, 0.6) is 0 Å². The van der Waals surface area contributed by atoms with E-state index in [1.807, 2.05) is 121 Å². The molecule has 0 aliphatic carbocycles. The number of para-hydroxylation sites is 5. The molecular weight excluding hydrogens is 1340 g/mol. The lowest BCUT2D eigenvalue weighted by atomic mass is 9.85. The molecule has 0 atom stereocenters. The number of nitrogens with zero attached hydrogens (tertiary/aromatic N) is 1. The number of aromatic nitrogens is 1. The Balaban J connectivity index is 0.000000145. The van der Waals surface area contributed by atoms with Gasteiger partial charge in [0.2, 0.25) is 0 Å². The minimum atomic E-state index is -0.405. The zero-order valence-electron chi connectivity index (χ0n) is 68.9. The second kappa shape index (κ2) is 25.6. The van der Waals surface area contributed by atoms with Gasteiger partial charge in [0.05, 0.1) is 24.7 Å².